The molecule has 0 bridgehead atoms. The minimum absolute atomic E-state index is 0.477. The van der Waals surface area contributed by atoms with Gasteiger partial charge in [-0.2, -0.15) is 0 Å². The quantitative estimate of drug-likeness (QED) is 0.754. The van der Waals surface area contributed by atoms with E-state index in [2.05, 4.69) is 40.0 Å². The summed E-state index contributed by atoms with van der Waals surface area (Å²) in [5.41, 5.74) is 0.929. The maximum absolute atomic E-state index is 6.26. The lowest BCUT2D eigenvalue weighted by Crippen LogP contribution is -2.42. The normalized spacial score (nSPS) is 18.0. The molecule has 0 spiro atoms. The van der Waals surface area contributed by atoms with Gasteiger partial charge < -0.3 is 10.2 Å². The van der Waals surface area contributed by atoms with E-state index in [-0.39, 0.29) is 0 Å². The smallest absolute Gasteiger partial charge is 0.0835 e. The first-order valence-corrected chi connectivity index (χ1v) is 8.18. The summed E-state index contributed by atoms with van der Waals surface area (Å²) in [6.07, 6.45) is 2.28. The van der Waals surface area contributed by atoms with Crippen LogP contribution in [0.25, 0.3) is 0 Å². The molecule has 1 aromatic rings. The molecular formula is C14H19BrCl2N2. The van der Waals surface area contributed by atoms with Crippen LogP contribution in [0.15, 0.2) is 16.6 Å². The van der Waals surface area contributed by atoms with E-state index in [4.69, 9.17) is 23.2 Å². The highest BCUT2D eigenvalue weighted by molar-refractivity contribution is 9.10. The van der Waals surface area contributed by atoms with Crippen molar-refractivity contribution in [3.63, 3.8) is 0 Å². The summed E-state index contributed by atoms with van der Waals surface area (Å²) >= 11 is 15.8. The van der Waals surface area contributed by atoms with Gasteiger partial charge in [-0.25, -0.2) is 0 Å². The van der Waals surface area contributed by atoms with E-state index in [1.165, 1.54) is 0 Å². The van der Waals surface area contributed by atoms with Crippen LogP contribution in [0, 0.1) is 0 Å². The van der Waals surface area contributed by atoms with Gasteiger partial charge in [-0.1, -0.05) is 23.2 Å². The lowest BCUT2D eigenvalue weighted by atomic mass is 10.0. The van der Waals surface area contributed by atoms with Crippen LogP contribution >= 0.6 is 39.1 Å². The van der Waals surface area contributed by atoms with E-state index in [1.807, 2.05) is 12.1 Å². The second-order valence-electron chi connectivity index (χ2n) is 5.27. The van der Waals surface area contributed by atoms with Crippen molar-refractivity contribution in [1.29, 1.82) is 0 Å². The molecule has 2 rings (SSSR count). The molecule has 1 N–H and O–H groups in total. The van der Waals surface area contributed by atoms with E-state index >= 15 is 0 Å². The topological polar surface area (TPSA) is 15.3 Å². The molecule has 0 aliphatic carbocycles. The Labute approximate surface area is 133 Å². The van der Waals surface area contributed by atoms with Gasteiger partial charge in [-0.05, 0) is 54.8 Å². The number of rotatable bonds is 3. The standard InChI is InChI=1S/C14H19BrCl2N2/c1-9(2)19-7-5-10(6-8-19)18-12-4-3-11(15)13(16)14(12)17/h3-4,9-10,18H,5-8H2,1-2H3. The van der Waals surface area contributed by atoms with Crippen LogP contribution in [-0.4, -0.2) is 30.1 Å². The highest BCUT2D eigenvalue weighted by Gasteiger charge is 2.21. The fourth-order valence-electron chi connectivity index (χ4n) is 2.42. The van der Waals surface area contributed by atoms with Gasteiger partial charge in [0, 0.05) is 29.6 Å². The van der Waals surface area contributed by atoms with Gasteiger partial charge in [0.1, 0.15) is 0 Å². The molecule has 0 atom stereocenters. The number of nitrogens with one attached hydrogen (secondary N) is 1. The third-order valence-electron chi connectivity index (χ3n) is 3.65. The minimum Gasteiger partial charge on any atom is -0.381 e. The Kier molecular flexibility index (Phi) is 5.41. The highest BCUT2D eigenvalue weighted by atomic mass is 79.9. The van der Waals surface area contributed by atoms with E-state index in [1.54, 1.807) is 0 Å². The zero-order chi connectivity index (χ0) is 14.0. The van der Waals surface area contributed by atoms with Gasteiger partial charge in [-0.3, -0.25) is 0 Å². The Bertz CT molecular complexity index is 443. The molecular weight excluding hydrogens is 347 g/mol. The number of halogens is 3. The molecule has 0 aromatic heterocycles. The molecule has 0 unspecified atom stereocenters. The molecule has 0 saturated carbocycles. The summed E-state index contributed by atoms with van der Waals surface area (Å²) < 4.78 is 0.833. The number of nitrogens with zero attached hydrogens (tertiary/aromatic N) is 1. The molecule has 106 valence electrons. The maximum atomic E-state index is 6.26. The summed E-state index contributed by atoms with van der Waals surface area (Å²) in [6.45, 7) is 6.77. The molecule has 1 heterocycles. The van der Waals surface area contributed by atoms with Crippen LogP contribution in [-0.2, 0) is 0 Å². The first kappa shape index (κ1) is 15.4. The molecule has 0 amide bonds. The second-order valence-corrected chi connectivity index (χ2v) is 6.88. The summed E-state index contributed by atoms with van der Waals surface area (Å²) in [6, 6.07) is 5.02. The fraction of sp³-hybridized carbons (Fsp3) is 0.571. The maximum Gasteiger partial charge on any atom is 0.0835 e. The van der Waals surface area contributed by atoms with Crippen LogP contribution in [0.5, 0.6) is 0 Å². The van der Waals surface area contributed by atoms with Crippen molar-refractivity contribution >= 4 is 44.8 Å². The largest absolute Gasteiger partial charge is 0.381 e. The summed E-state index contributed by atoms with van der Waals surface area (Å²) in [7, 11) is 0. The van der Waals surface area contributed by atoms with Gasteiger partial charge in [0.05, 0.1) is 15.7 Å². The molecule has 1 aliphatic heterocycles. The van der Waals surface area contributed by atoms with E-state index in [9.17, 15) is 0 Å². The molecule has 0 radical (unpaired) electrons. The minimum atomic E-state index is 0.477. The Morgan fingerprint density at radius 2 is 1.84 bits per heavy atom. The SMILES string of the molecule is CC(C)N1CCC(Nc2ccc(Br)c(Cl)c2Cl)CC1. The Hall–Kier alpha value is 0.0400. The van der Waals surface area contributed by atoms with Gasteiger partial charge >= 0.3 is 0 Å². The highest BCUT2D eigenvalue weighted by Crippen LogP contribution is 2.36. The molecule has 1 fully saturated rings. The molecule has 19 heavy (non-hydrogen) atoms. The molecule has 1 aromatic carbocycles. The average Bonchev–Trinajstić information content (AvgIpc) is 2.40. The van der Waals surface area contributed by atoms with Crippen LogP contribution < -0.4 is 5.32 Å². The van der Waals surface area contributed by atoms with Crippen molar-refractivity contribution in [1.82, 2.24) is 4.90 Å². The van der Waals surface area contributed by atoms with Crippen LogP contribution in [0.4, 0.5) is 5.69 Å². The number of piperidine rings is 1. The van der Waals surface area contributed by atoms with E-state index in [0.29, 0.717) is 22.1 Å². The molecule has 1 saturated heterocycles. The lowest BCUT2D eigenvalue weighted by molar-refractivity contribution is 0.177. The molecule has 1 aliphatic rings. The first-order chi connectivity index (χ1) is 8.99. The van der Waals surface area contributed by atoms with E-state index < -0.39 is 0 Å². The van der Waals surface area contributed by atoms with E-state index in [0.717, 1.165) is 36.1 Å². The monoisotopic (exact) mass is 364 g/mol. The molecule has 2 nitrogen and oxygen atoms in total. The molecule has 5 heteroatoms. The number of anilines is 1. The Balaban J connectivity index is 1.98. The number of hydrogen-bond acceptors (Lipinski definition) is 2. The van der Waals surface area contributed by atoms with Gasteiger partial charge in [-0.15, -0.1) is 0 Å². The third-order valence-corrected chi connectivity index (χ3v) is 5.43. The average molecular weight is 366 g/mol. The van der Waals surface area contributed by atoms with Crippen LogP contribution in [0.2, 0.25) is 10.0 Å². The lowest BCUT2D eigenvalue weighted by Gasteiger charge is -2.35. The van der Waals surface area contributed by atoms with Gasteiger partial charge in [0.15, 0.2) is 0 Å². The van der Waals surface area contributed by atoms with Crippen molar-refractivity contribution in [2.24, 2.45) is 0 Å². The van der Waals surface area contributed by atoms with Crippen molar-refractivity contribution in [2.45, 2.75) is 38.8 Å². The zero-order valence-electron chi connectivity index (χ0n) is 11.2. The predicted octanol–water partition coefficient (Wildman–Crippen LogP) is 5.04. The van der Waals surface area contributed by atoms with Gasteiger partial charge in [0.2, 0.25) is 0 Å². The van der Waals surface area contributed by atoms with Crippen molar-refractivity contribution in [3.05, 3.63) is 26.7 Å². The van der Waals surface area contributed by atoms with Crippen molar-refractivity contribution in [2.75, 3.05) is 18.4 Å². The summed E-state index contributed by atoms with van der Waals surface area (Å²) in [4.78, 5) is 2.51. The zero-order valence-corrected chi connectivity index (χ0v) is 14.3. The fourth-order valence-corrected chi connectivity index (χ4v) is 3.25. The Morgan fingerprint density at radius 3 is 2.42 bits per heavy atom. The summed E-state index contributed by atoms with van der Waals surface area (Å²) in [5, 5.41) is 4.69. The Morgan fingerprint density at radius 1 is 1.21 bits per heavy atom. The van der Waals surface area contributed by atoms with Crippen LogP contribution in [0.3, 0.4) is 0 Å². The summed E-state index contributed by atoms with van der Waals surface area (Å²) in [5.74, 6) is 0. The number of benzene rings is 1. The van der Waals surface area contributed by atoms with Crippen molar-refractivity contribution in [3.8, 4) is 0 Å². The number of hydrogen-bond donors (Lipinski definition) is 1. The van der Waals surface area contributed by atoms with Gasteiger partial charge in [0.25, 0.3) is 0 Å². The second kappa shape index (κ2) is 6.66. The van der Waals surface area contributed by atoms with Crippen LogP contribution in [0.1, 0.15) is 26.7 Å². The van der Waals surface area contributed by atoms with Crippen molar-refractivity contribution < 1.29 is 0 Å². The first-order valence-electron chi connectivity index (χ1n) is 6.63. The number of likely N-dealkylation sites (tertiary alicyclic amines) is 1. The third kappa shape index (κ3) is 3.78. The predicted molar refractivity (Wildman–Crippen MR) is 87.5 cm³/mol.